The molecule has 1 N–H and O–H groups in total. The molecular formula is C17H24N2O2S. The second kappa shape index (κ2) is 5.70. The molecule has 1 heterocycles. The Kier molecular flexibility index (Phi) is 4.03. The van der Waals surface area contributed by atoms with E-state index in [1.807, 2.05) is 19.9 Å². The van der Waals surface area contributed by atoms with Crippen molar-refractivity contribution in [3.8, 4) is 0 Å². The number of H-pyrrole nitrogens is 1. The Bertz CT molecular complexity index is 802. The van der Waals surface area contributed by atoms with E-state index in [1.165, 1.54) is 28.4 Å². The molecule has 0 bridgehead atoms. The first-order chi connectivity index (χ1) is 10.5. The summed E-state index contributed by atoms with van der Waals surface area (Å²) in [5.74, 6) is 0. The maximum absolute atomic E-state index is 12.9. The average Bonchev–Trinajstić information content (AvgIpc) is 2.88. The summed E-state index contributed by atoms with van der Waals surface area (Å²) in [5.41, 5.74) is 4.52. The van der Waals surface area contributed by atoms with Crippen LogP contribution in [0.5, 0.6) is 0 Å². The van der Waals surface area contributed by atoms with Crippen molar-refractivity contribution in [3.63, 3.8) is 0 Å². The van der Waals surface area contributed by atoms with Crippen LogP contribution in [-0.2, 0) is 22.9 Å². The zero-order valence-corrected chi connectivity index (χ0v) is 14.4. The minimum Gasteiger partial charge on any atom is -0.357 e. The van der Waals surface area contributed by atoms with Gasteiger partial charge in [0.2, 0.25) is 10.0 Å². The molecule has 0 fully saturated rings. The molecule has 0 unspecified atom stereocenters. The van der Waals surface area contributed by atoms with E-state index in [-0.39, 0.29) is 0 Å². The van der Waals surface area contributed by atoms with Crippen LogP contribution in [0.15, 0.2) is 17.0 Å². The van der Waals surface area contributed by atoms with Crippen molar-refractivity contribution in [3.05, 3.63) is 29.0 Å². The fourth-order valence-corrected chi connectivity index (χ4v) is 5.20. The standard InChI is InChI=1S/C17H24N2O2S/c1-4-19(5-2)22(20,21)15-11-10-12(3)16-13-8-6-7-9-14(13)18-17(15)16/h10-11,18H,4-9H2,1-3H3. The minimum absolute atomic E-state index is 0.422. The van der Waals surface area contributed by atoms with Gasteiger partial charge in [-0.25, -0.2) is 8.42 Å². The van der Waals surface area contributed by atoms with E-state index in [4.69, 9.17) is 0 Å². The maximum atomic E-state index is 12.9. The lowest BCUT2D eigenvalue weighted by molar-refractivity contribution is 0.446. The van der Waals surface area contributed by atoms with Gasteiger partial charge in [0.05, 0.1) is 5.52 Å². The van der Waals surface area contributed by atoms with E-state index < -0.39 is 10.0 Å². The van der Waals surface area contributed by atoms with Crippen molar-refractivity contribution in [2.24, 2.45) is 0 Å². The van der Waals surface area contributed by atoms with Crippen molar-refractivity contribution in [2.45, 2.75) is 51.3 Å². The molecule has 0 atom stereocenters. The first-order valence-electron chi connectivity index (χ1n) is 8.13. The fraction of sp³-hybridized carbons (Fsp3) is 0.529. The van der Waals surface area contributed by atoms with Crippen LogP contribution in [0.2, 0.25) is 0 Å². The van der Waals surface area contributed by atoms with E-state index in [0.717, 1.165) is 29.3 Å². The van der Waals surface area contributed by atoms with Crippen molar-refractivity contribution in [1.82, 2.24) is 9.29 Å². The molecule has 0 saturated carbocycles. The summed E-state index contributed by atoms with van der Waals surface area (Å²) in [4.78, 5) is 3.85. The smallest absolute Gasteiger partial charge is 0.245 e. The normalized spacial score (nSPS) is 15.5. The van der Waals surface area contributed by atoms with Crippen LogP contribution in [0.1, 0.15) is 43.5 Å². The zero-order valence-electron chi connectivity index (χ0n) is 13.6. The van der Waals surface area contributed by atoms with E-state index >= 15 is 0 Å². The van der Waals surface area contributed by atoms with Crippen LogP contribution in [-0.4, -0.2) is 30.8 Å². The van der Waals surface area contributed by atoms with Gasteiger partial charge in [0, 0.05) is 24.2 Å². The van der Waals surface area contributed by atoms with Crippen LogP contribution in [0, 0.1) is 6.92 Å². The highest BCUT2D eigenvalue weighted by atomic mass is 32.2. The molecule has 2 aromatic rings. The van der Waals surface area contributed by atoms with Gasteiger partial charge in [0.25, 0.3) is 0 Å². The Labute approximate surface area is 132 Å². The number of hydrogen-bond acceptors (Lipinski definition) is 2. The third-order valence-electron chi connectivity index (χ3n) is 4.74. The summed E-state index contributed by atoms with van der Waals surface area (Å²) in [7, 11) is -3.44. The van der Waals surface area contributed by atoms with Crippen LogP contribution >= 0.6 is 0 Å². The SMILES string of the molecule is CCN(CC)S(=O)(=O)c1ccc(C)c2c3c([nH]c12)CCCC3. The molecule has 0 amide bonds. The summed E-state index contributed by atoms with van der Waals surface area (Å²) in [6.07, 6.45) is 4.43. The van der Waals surface area contributed by atoms with Gasteiger partial charge < -0.3 is 4.98 Å². The Morgan fingerprint density at radius 1 is 1.14 bits per heavy atom. The Hall–Kier alpha value is -1.33. The fourth-order valence-electron chi connectivity index (χ4n) is 3.59. The Balaban J connectivity index is 2.28. The zero-order chi connectivity index (χ0) is 15.9. The number of aryl methyl sites for hydroxylation is 3. The highest BCUT2D eigenvalue weighted by molar-refractivity contribution is 7.89. The first-order valence-corrected chi connectivity index (χ1v) is 9.57. The number of fused-ring (bicyclic) bond motifs is 3. The molecular weight excluding hydrogens is 296 g/mol. The molecule has 1 aromatic heterocycles. The quantitative estimate of drug-likeness (QED) is 0.939. The lowest BCUT2D eigenvalue weighted by Crippen LogP contribution is -2.30. The van der Waals surface area contributed by atoms with Gasteiger partial charge in [-0.3, -0.25) is 0 Å². The minimum atomic E-state index is -3.44. The van der Waals surface area contributed by atoms with Crippen LogP contribution < -0.4 is 0 Å². The summed E-state index contributed by atoms with van der Waals surface area (Å²) < 4.78 is 27.4. The number of aromatic nitrogens is 1. The van der Waals surface area contributed by atoms with Gasteiger partial charge in [-0.15, -0.1) is 0 Å². The molecule has 0 spiro atoms. The largest absolute Gasteiger partial charge is 0.357 e. The molecule has 0 saturated heterocycles. The number of aromatic amines is 1. The number of rotatable bonds is 4. The molecule has 3 rings (SSSR count). The monoisotopic (exact) mass is 320 g/mol. The summed E-state index contributed by atoms with van der Waals surface area (Å²) in [5, 5.41) is 1.13. The van der Waals surface area contributed by atoms with Crippen LogP contribution in [0.3, 0.4) is 0 Å². The molecule has 4 nitrogen and oxygen atoms in total. The number of benzene rings is 1. The highest BCUT2D eigenvalue weighted by Crippen LogP contribution is 2.35. The van der Waals surface area contributed by atoms with Gasteiger partial charge in [-0.05, 0) is 49.8 Å². The predicted molar refractivity (Wildman–Crippen MR) is 89.8 cm³/mol. The summed E-state index contributed by atoms with van der Waals surface area (Å²) in [6.45, 7) is 6.82. The average molecular weight is 320 g/mol. The van der Waals surface area contributed by atoms with E-state index in [2.05, 4.69) is 11.9 Å². The van der Waals surface area contributed by atoms with E-state index in [0.29, 0.717) is 18.0 Å². The second-order valence-corrected chi connectivity index (χ2v) is 7.92. The van der Waals surface area contributed by atoms with E-state index in [9.17, 15) is 8.42 Å². The van der Waals surface area contributed by atoms with Gasteiger partial charge >= 0.3 is 0 Å². The summed E-state index contributed by atoms with van der Waals surface area (Å²) >= 11 is 0. The Morgan fingerprint density at radius 2 is 1.82 bits per heavy atom. The highest BCUT2D eigenvalue weighted by Gasteiger charge is 2.27. The molecule has 1 aliphatic rings. The third-order valence-corrected chi connectivity index (χ3v) is 6.84. The molecule has 5 heteroatoms. The second-order valence-electron chi connectivity index (χ2n) is 6.01. The number of nitrogens with zero attached hydrogens (tertiary/aromatic N) is 1. The van der Waals surface area contributed by atoms with Crippen LogP contribution in [0.25, 0.3) is 10.9 Å². The molecule has 22 heavy (non-hydrogen) atoms. The van der Waals surface area contributed by atoms with Crippen molar-refractivity contribution in [2.75, 3.05) is 13.1 Å². The lowest BCUT2D eigenvalue weighted by Gasteiger charge is -2.19. The van der Waals surface area contributed by atoms with Gasteiger partial charge in [-0.1, -0.05) is 19.9 Å². The number of hydrogen-bond donors (Lipinski definition) is 1. The van der Waals surface area contributed by atoms with Crippen molar-refractivity contribution < 1.29 is 8.42 Å². The maximum Gasteiger partial charge on any atom is 0.245 e. The molecule has 1 aliphatic carbocycles. The molecule has 1 aromatic carbocycles. The van der Waals surface area contributed by atoms with Gasteiger partial charge in [-0.2, -0.15) is 4.31 Å². The van der Waals surface area contributed by atoms with Crippen LogP contribution in [0.4, 0.5) is 0 Å². The Morgan fingerprint density at radius 3 is 2.50 bits per heavy atom. The molecule has 120 valence electrons. The van der Waals surface area contributed by atoms with Gasteiger partial charge in [0.1, 0.15) is 4.90 Å². The van der Waals surface area contributed by atoms with Crippen molar-refractivity contribution in [1.29, 1.82) is 0 Å². The summed E-state index contributed by atoms with van der Waals surface area (Å²) in [6, 6.07) is 3.70. The topological polar surface area (TPSA) is 53.2 Å². The third kappa shape index (κ3) is 2.27. The van der Waals surface area contributed by atoms with E-state index in [1.54, 1.807) is 6.07 Å². The molecule has 0 radical (unpaired) electrons. The number of sulfonamides is 1. The first kappa shape index (κ1) is 15.6. The lowest BCUT2D eigenvalue weighted by atomic mass is 9.94. The number of nitrogens with one attached hydrogen (secondary N) is 1. The van der Waals surface area contributed by atoms with Gasteiger partial charge in [0.15, 0.2) is 0 Å². The predicted octanol–water partition coefficient (Wildman–Crippen LogP) is 3.39. The van der Waals surface area contributed by atoms with Crippen molar-refractivity contribution >= 4 is 20.9 Å². The molecule has 0 aliphatic heterocycles.